The number of imidazole rings is 1. The van der Waals surface area contributed by atoms with E-state index >= 15 is 0 Å². The molecule has 3 rings (SSSR count). The van der Waals surface area contributed by atoms with Gasteiger partial charge in [-0.05, 0) is 40.2 Å². The van der Waals surface area contributed by atoms with Crippen molar-refractivity contribution in [1.82, 2.24) is 9.55 Å². The van der Waals surface area contributed by atoms with Crippen molar-refractivity contribution >= 4 is 44.5 Å². The Kier molecular flexibility index (Phi) is 3.51. The van der Waals surface area contributed by atoms with Gasteiger partial charge in [0, 0.05) is 6.07 Å². The summed E-state index contributed by atoms with van der Waals surface area (Å²) in [6.07, 6.45) is 0. The summed E-state index contributed by atoms with van der Waals surface area (Å²) < 4.78 is 21.3. The summed E-state index contributed by atoms with van der Waals surface area (Å²) in [4.78, 5) is 4.21. The Bertz CT molecular complexity index is 850. The molecule has 4 nitrogen and oxygen atoms in total. The number of ether oxygens (including phenoxy) is 1. The number of fused-ring (bicyclic) bond motifs is 1. The van der Waals surface area contributed by atoms with Crippen molar-refractivity contribution < 1.29 is 9.13 Å². The number of nitrogen functional groups attached to an aromatic ring is 1. The number of hydrogen-bond donors (Lipinski definition) is 1. The van der Waals surface area contributed by atoms with E-state index in [1.54, 1.807) is 17.7 Å². The van der Waals surface area contributed by atoms with E-state index in [9.17, 15) is 4.39 Å². The molecule has 1 heterocycles. The van der Waals surface area contributed by atoms with Gasteiger partial charge in [0.15, 0.2) is 0 Å². The number of aromatic nitrogens is 2. The highest BCUT2D eigenvalue weighted by atomic mass is 79.9. The molecule has 0 atom stereocenters. The molecule has 108 valence electrons. The van der Waals surface area contributed by atoms with Crippen molar-refractivity contribution in [2.45, 2.75) is 0 Å². The molecule has 0 saturated heterocycles. The Morgan fingerprint density at radius 3 is 2.76 bits per heavy atom. The van der Waals surface area contributed by atoms with Gasteiger partial charge in [-0.25, -0.2) is 9.37 Å². The molecule has 0 radical (unpaired) electrons. The lowest BCUT2D eigenvalue weighted by Crippen LogP contribution is -2.01. The molecule has 2 N–H and O–H groups in total. The second-order valence-electron chi connectivity index (χ2n) is 4.38. The molecule has 2 aromatic carbocycles. The SMILES string of the molecule is COc1ccc(-n2c(N)nc3cc(Cl)c(F)cc32)cc1Br. The third kappa shape index (κ3) is 2.34. The molecule has 0 unspecified atom stereocenters. The van der Waals surface area contributed by atoms with Gasteiger partial charge >= 0.3 is 0 Å². The second-order valence-corrected chi connectivity index (χ2v) is 5.64. The van der Waals surface area contributed by atoms with Gasteiger partial charge in [0.1, 0.15) is 11.6 Å². The van der Waals surface area contributed by atoms with Crippen molar-refractivity contribution in [2.75, 3.05) is 12.8 Å². The van der Waals surface area contributed by atoms with E-state index in [2.05, 4.69) is 20.9 Å². The molecule has 21 heavy (non-hydrogen) atoms. The average Bonchev–Trinajstić information content (AvgIpc) is 2.74. The van der Waals surface area contributed by atoms with Crippen molar-refractivity contribution in [2.24, 2.45) is 0 Å². The van der Waals surface area contributed by atoms with Crippen molar-refractivity contribution in [3.8, 4) is 11.4 Å². The first-order valence-electron chi connectivity index (χ1n) is 5.98. The van der Waals surface area contributed by atoms with Crippen LogP contribution in [-0.2, 0) is 0 Å². The molecule has 3 aromatic rings. The first kappa shape index (κ1) is 14.2. The Morgan fingerprint density at radius 2 is 2.10 bits per heavy atom. The average molecular weight is 371 g/mol. The predicted octanol–water partition coefficient (Wildman–Crippen LogP) is 4.17. The van der Waals surface area contributed by atoms with Gasteiger partial charge in [-0.1, -0.05) is 11.6 Å². The van der Waals surface area contributed by atoms with E-state index in [1.165, 1.54) is 12.1 Å². The summed E-state index contributed by atoms with van der Waals surface area (Å²) in [7, 11) is 1.58. The van der Waals surface area contributed by atoms with Gasteiger partial charge in [0.25, 0.3) is 0 Å². The summed E-state index contributed by atoms with van der Waals surface area (Å²) >= 11 is 9.18. The standard InChI is InChI=1S/C14H10BrClFN3O/c1-21-13-3-2-7(4-8(13)15)20-12-6-10(17)9(16)5-11(12)19-14(20)18/h2-6H,1H3,(H2,18,19). The largest absolute Gasteiger partial charge is 0.496 e. The van der Waals surface area contributed by atoms with E-state index in [-0.39, 0.29) is 11.0 Å². The number of anilines is 1. The highest BCUT2D eigenvalue weighted by Crippen LogP contribution is 2.31. The fourth-order valence-electron chi connectivity index (χ4n) is 2.16. The topological polar surface area (TPSA) is 53.1 Å². The van der Waals surface area contributed by atoms with Crippen LogP contribution >= 0.6 is 27.5 Å². The summed E-state index contributed by atoms with van der Waals surface area (Å²) in [5.74, 6) is 0.428. The van der Waals surface area contributed by atoms with Gasteiger partial charge in [-0.2, -0.15) is 0 Å². The van der Waals surface area contributed by atoms with Gasteiger partial charge in [-0.15, -0.1) is 0 Å². The summed E-state index contributed by atoms with van der Waals surface area (Å²) in [5.41, 5.74) is 7.77. The van der Waals surface area contributed by atoms with Crippen molar-refractivity contribution in [1.29, 1.82) is 0 Å². The number of nitrogens with two attached hydrogens (primary N) is 1. The quantitative estimate of drug-likeness (QED) is 0.736. The highest BCUT2D eigenvalue weighted by molar-refractivity contribution is 9.10. The fraction of sp³-hybridized carbons (Fsp3) is 0.0714. The molecule has 0 spiro atoms. The van der Waals surface area contributed by atoms with Crippen LogP contribution in [0.2, 0.25) is 5.02 Å². The zero-order valence-electron chi connectivity index (χ0n) is 10.9. The molecule has 0 aliphatic heterocycles. The monoisotopic (exact) mass is 369 g/mol. The van der Waals surface area contributed by atoms with Crippen LogP contribution in [0.25, 0.3) is 16.7 Å². The second kappa shape index (κ2) is 5.20. The minimum Gasteiger partial charge on any atom is -0.496 e. The highest BCUT2D eigenvalue weighted by Gasteiger charge is 2.14. The lowest BCUT2D eigenvalue weighted by atomic mass is 10.2. The number of nitrogens with zero attached hydrogens (tertiary/aromatic N) is 2. The summed E-state index contributed by atoms with van der Waals surface area (Å²) in [6, 6.07) is 8.20. The van der Waals surface area contributed by atoms with E-state index < -0.39 is 5.82 Å². The van der Waals surface area contributed by atoms with Crippen LogP contribution in [0.15, 0.2) is 34.8 Å². The number of methoxy groups -OCH3 is 1. The van der Waals surface area contributed by atoms with Crippen LogP contribution < -0.4 is 10.5 Å². The number of halogens is 3. The van der Waals surface area contributed by atoms with Crippen LogP contribution in [-0.4, -0.2) is 16.7 Å². The smallest absolute Gasteiger partial charge is 0.205 e. The van der Waals surface area contributed by atoms with Crippen LogP contribution in [0.5, 0.6) is 5.75 Å². The van der Waals surface area contributed by atoms with E-state index in [4.69, 9.17) is 22.1 Å². The number of rotatable bonds is 2. The molecule has 1 aromatic heterocycles. The zero-order valence-corrected chi connectivity index (χ0v) is 13.2. The van der Waals surface area contributed by atoms with Gasteiger partial charge in [0.05, 0.1) is 33.3 Å². The molecule has 0 fully saturated rings. The van der Waals surface area contributed by atoms with E-state index in [0.717, 1.165) is 10.2 Å². The summed E-state index contributed by atoms with van der Waals surface area (Å²) in [6.45, 7) is 0. The molecule has 0 bridgehead atoms. The van der Waals surface area contributed by atoms with Crippen LogP contribution in [0.1, 0.15) is 0 Å². The molecule has 0 aliphatic rings. The molecule has 7 heteroatoms. The molecule has 0 aliphatic carbocycles. The van der Waals surface area contributed by atoms with Gasteiger partial charge < -0.3 is 10.5 Å². The van der Waals surface area contributed by atoms with Gasteiger partial charge in [-0.3, -0.25) is 4.57 Å². The molecule has 0 amide bonds. The molecule has 0 saturated carbocycles. The minimum absolute atomic E-state index is 0.0167. The lowest BCUT2D eigenvalue weighted by Gasteiger charge is -2.09. The van der Waals surface area contributed by atoms with Crippen LogP contribution in [0, 0.1) is 5.82 Å². The number of hydrogen-bond acceptors (Lipinski definition) is 3. The fourth-order valence-corrected chi connectivity index (χ4v) is 2.84. The third-order valence-electron chi connectivity index (χ3n) is 3.12. The van der Waals surface area contributed by atoms with E-state index in [1.807, 2.05) is 12.1 Å². The maximum atomic E-state index is 13.7. The summed E-state index contributed by atoms with van der Waals surface area (Å²) in [5, 5.41) is 0.0167. The van der Waals surface area contributed by atoms with E-state index in [0.29, 0.717) is 16.8 Å². The maximum Gasteiger partial charge on any atom is 0.205 e. The first-order valence-corrected chi connectivity index (χ1v) is 7.15. The normalized spacial score (nSPS) is 11.0. The van der Waals surface area contributed by atoms with Crippen LogP contribution in [0.4, 0.5) is 10.3 Å². The third-order valence-corrected chi connectivity index (χ3v) is 4.03. The Balaban J connectivity index is 2.27. The van der Waals surface area contributed by atoms with Crippen LogP contribution in [0.3, 0.4) is 0 Å². The van der Waals surface area contributed by atoms with Crippen molar-refractivity contribution in [3.05, 3.63) is 45.6 Å². The Labute approximate surface area is 133 Å². The Hall–Kier alpha value is -1.79. The number of benzene rings is 2. The lowest BCUT2D eigenvalue weighted by molar-refractivity contribution is 0.412. The van der Waals surface area contributed by atoms with Crippen molar-refractivity contribution in [3.63, 3.8) is 0 Å². The first-order chi connectivity index (χ1) is 10.0. The molecular weight excluding hydrogens is 361 g/mol. The Morgan fingerprint density at radius 1 is 1.33 bits per heavy atom. The van der Waals surface area contributed by atoms with Gasteiger partial charge in [0.2, 0.25) is 5.95 Å². The maximum absolute atomic E-state index is 13.7. The minimum atomic E-state index is -0.516. The predicted molar refractivity (Wildman–Crippen MR) is 84.7 cm³/mol. The molecular formula is C14H10BrClFN3O. The zero-order chi connectivity index (χ0) is 15.1.